The van der Waals surface area contributed by atoms with Gasteiger partial charge in [-0.1, -0.05) is 11.6 Å². The molecular formula is C19H20ClN3O3. The number of aryl methyl sites for hydroxylation is 3. The van der Waals surface area contributed by atoms with E-state index in [1.54, 1.807) is 22.9 Å². The van der Waals surface area contributed by atoms with Crippen LogP contribution in [0.1, 0.15) is 33.3 Å². The molecule has 136 valence electrons. The third-order valence-corrected chi connectivity index (χ3v) is 4.16. The zero-order valence-electron chi connectivity index (χ0n) is 14.9. The molecule has 0 spiro atoms. The van der Waals surface area contributed by atoms with Crippen molar-refractivity contribution < 1.29 is 13.9 Å². The summed E-state index contributed by atoms with van der Waals surface area (Å²) in [6, 6.07) is 10.7. The predicted molar refractivity (Wildman–Crippen MR) is 98.3 cm³/mol. The minimum atomic E-state index is -0.280. The van der Waals surface area contributed by atoms with Crippen LogP contribution < -0.4 is 10.1 Å². The number of benzene rings is 1. The highest BCUT2D eigenvalue weighted by atomic mass is 35.5. The second-order valence-corrected chi connectivity index (χ2v) is 6.48. The molecule has 0 unspecified atom stereocenters. The topological polar surface area (TPSA) is 69.3 Å². The summed E-state index contributed by atoms with van der Waals surface area (Å²) in [5.74, 6) is 1.26. The normalized spacial score (nSPS) is 10.8. The van der Waals surface area contributed by atoms with Crippen molar-refractivity contribution in [3.63, 3.8) is 0 Å². The van der Waals surface area contributed by atoms with Crippen molar-refractivity contribution in [3.05, 3.63) is 69.9 Å². The number of nitrogens with zero attached hydrogens (tertiary/aromatic N) is 2. The zero-order valence-corrected chi connectivity index (χ0v) is 15.6. The van der Waals surface area contributed by atoms with Crippen molar-refractivity contribution in [2.45, 2.75) is 27.0 Å². The first-order valence-electron chi connectivity index (χ1n) is 8.18. The Morgan fingerprint density at radius 2 is 2.08 bits per heavy atom. The number of furan rings is 1. The number of rotatable bonds is 6. The van der Waals surface area contributed by atoms with Gasteiger partial charge in [0.1, 0.15) is 18.1 Å². The maximum absolute atomic E-state index is 12.2. The van der Waals surface area contributed by atoms with Crippen LogP contribution in [0.15, 0.2) is 40.8 Å². The fourth-order valence-corrected chi connectivity index (χ4v) is 2.82. The van der Waals surface area contributed by atoms with Crippen LogP contribution in [0, 0.1) is 13.8 Å². The molecule has 2 aromatic heterocycles. The molecule has 1 aromatic carbocycles. The molecule has 1 N–H and O–H groups in total. The fraction of sp³-hybridized carbons (Fsp3) is 0.263. The molecule has 0 atom stereocenters. The first kappa shape index (κ1) is 18.1. The van der Waals surface area contributed by atoms with Gasteiger partial charge in [0.2, 0.25) is 0 Å². The highest BCUT2D eigenvalue weighted by Gasteiger charge is 2.13. The molecule has 3 rings (SSSR count). The number of amides is 1. The second-order valence-electron chi connectivity index (χ2n) is 6.05. The van der Waals surface area contributed by atoms with Gasteiger partial charge in [-0.05, 0) is 55.8 Å². The van der Waals surface area contributed by atoms with Gasteiger partial charge in [-0.2, -0.15) is 5.10 Å². The summed E-state index contributed by atoms with van der Waals surface area (Å²) in [6.45, 7) is 4.44. The smallest absolute Gasteiger partial charge is 0.287 e. The van der Waals surface area contributed by atoms with Crippen LogP contribution in [0.2, 0.25) is 5.02 Å². The number of halogens is 1. The van der Waals surface area contributed by atoms with Crippen LogP contribution in [0.3, 0.4) is 0 Å². The standard InChI is InChI=1S/C19H20ClN3O3/c1-12-8-14(20)4-6-17(12)25-11-16-5-7-18(26-16)19(24)21-10-15-9-13(2)22-23(15)3/h4-9H,10-11H2,1-3H3,(H,21,24). The lowest BCUT2D eigenvalue weighted by atomic mass is 10.2. The maximum Gasteiger partial charge on any atom is 0.287 e. The van der Waals surface area contributed by atoms with E-state index >= 15 is 0 Å². The minimum Gasteiger partial charge on any atom is -0.485 e. The van der Waals surface area contributed by atoms with Crippen molar-refractivity contribution >= 4 is 17.5 Å². The first-order valence-corrected chi connectivity index (χ1v) is 8.55. The van der Waals surface area contributed by atoms with Gasteiger partial charge in [-0.25, -0.2) is 0 Å². The SMILES string of the molecule is Cc1cc(CNC(=O)c2ccc(COc3ccc(Cl)cc3C)o2)n(C)n1. The van der Waals surface area contributed by atoms with Crippen LogP contribution >= 0.6 is 11.6 Å². The van der Waals surface area contributed by atoms with Gasteiger partial charge < -0.3 is 14.5 Å². The molecule has 0 bridgehead atoms. The molecule has 6 nitrogen and oxygen atoms in total. The zero-order chi connectivity index (χ0) is 18.7. The quantitative estimate of drug-likeness (QED) is 0.713. The Balaban J connectivity index is 1.56. The number of nitrogens with one attached hydrogen (secondary N) is 1. The highest BCUT2D eigenvalue weighted by molar-refractivity contribution is 6.30. The van der Waals surface area contributed by atoms with Crippen molar-refractivity contribution in [1.29, 1.82) is 0 Å². The fourth-order valence-electron chi connectivity index (χ4n) is 2.59. The number of carbonyl (C=O) groups is 1. The minimum absolute atomic E-state index is 0.233. The molecule has 26 heavy (non-hydrogen) atoms. The van der Waals surface area contributed by atoms with Gasteiger partial charge in [-0.3, -0.25) is 9.48 Å². The lowest BCUT2D eigenvalue weighted by molar-refractivity contribution is 0.0918. The van der Waals surface area contributed by atoms with E-state index in [-0.39, 0.29) is 18.3 Å². The molecule has 3 aromatic rings. The molecule has 0 fully saturated rings. The van der Waals surface area contributed by atoms with Crippen LogP contribution in [0.5, 0.6) is 5.75 Å². The Morgan fingerprint density at radius 1 is 1.27 bits per heavy atom. The third-order valence-electron chi connectivity index (χ3n) is 3.92. The Labute approximate surface area is 156 Å². The largest absolute Gasteiger partial charge is 0.485 e. The Kier molecular flexibility index (Phi) is 5.32. The lowest BCUT2D eigenvalue weighted by Crippen LogP contribution is -2.23. The molecule has 0 radical (unpaired) electrons. The molecule has 0 aliphatic carbocycles. The first-order chi connectivity index (χ1) is 12.4. The predicted octanol–water partition coefficient (Wildman–Crippen LogP) is 3.79. The summed E-state index contributed by atoms with van der Waals surface area (Å²) in [7, 11) is 1.84. The molecular weight excluding hydrogens is 354 g/mol. The van der Waals surface area contributed by atoms with Gasteiger partial charge in [-0.15, -0.1) is 0 Å². The van der Waals surface area contributed by atoms with Gasteiger partial charge in [0.05, 0.1) is 17.9 Å². The third kappa shape index (κ3) is 4.26. The summed E-state index contributed by atoms with van der Waals surface area (Å²) in [6.07, 6.45) is 0. The van der Waals surface area contributed by atoms with Crippen LogP contribution in [0.25, 0.3) is 0 Å². The Hall–Kier alpha value is -2.73. The highest BCUT2D eigenvalue weighted by Crippen LogP contribution is 2.23. The number of aromatic nitrogens is 2. The number of ether oxygens (including phenoxy) is 1. The number of carbonyl (C=O) groups excluding carboxylic acids is 1. The van der Waals surface area contributed by atoms with Crippen LogP contribution in [-0.2, 0) is 20.2 Å². The molecule has 0 aliphatic heterocycles. The molecule has 0 saturated carbocycles. The summed E-state index contributed by atoms with van der Waals surface area (Å²) < 4.78 is 13.0. The summed E-state index contributed by atoms with van der Waals surface area (Å²) in [5, 5.41) is 7.73. The van der Waals surface area contributed by atoms with E-state index in [4.69, 9.17) is 20.8 Å². The molecule has 1 amide bonds. The lowest BCUT2D eigenvalue weighted by Gasteiger charge is -2.07. The number of hydrogen-bond donors (Lipinski definition) is 1. The second kappa shape index (κ2) is 7.66. The van der Waals surface area contributed by atoms with Crippen molar-refractivity contribution in [3.8, 4) is 5.75 Å². The Morgan fingerprint density at radius 3 is 2.77 bits per heavy atom. The van der Waals surface area contributed by atoms with Gasteiger partial charge in [0, 0.05) is 12.1 Å². The van der Waals surface area contributed by atoms with E-state index in [1.165, 1.54) is 0 Å². The summed E-state index contributed by atoms with van der Waals surface area (Å²) in [4.78, 5) is 12.2. The van der Waals surface area contributed by atoms with E-state index in [2.05, 4.69) is 10.4 Å². The van der Waals surface area contributed by atoms with E-state index in [9.17, 15) is 4.79 Å². The van der Waals surface area contributed by atoms with E-state index in [0.717, 1.165) is 22.7 Å². The van der Waals surface area contributed by atoms with Crippen molar-refractivity contribution in [2.24, 2.45) is 7.05 Å². The summed E-state index contributed by atoms with van der Waals surface area (Å²) in [5.41, 5.74) is 2.77. The van der Waals surface area contributed by atoms with E-state index < -0.39 is 0 Å². The molecule has 7 heteroatoms. The maximum atomic E-state index is 12.2. The average Bonchev–Trinajstić information content (AvgIpc) is 3.18. The Bertz CT molecular complexity index is 930. The molecule has 0 aliphatic rings. The molecule has 0 saturated heterocycles. The monoisotopic (exact) mass is 373 g/mol. The van der Waals surface area contributed by atoms with Gasteiger partial charge in [0.25, 0.3) is 5.91 Å². The van der Waals surface area contributed by atoms with E-state index in [0.29, 0.717) is 17.3 Å². The average molecular weight is 374 g/mol. The van der Waals surface area contributed by atoms with Crippen molar-refractivity contribution in [2.75, 3.05) is 0 Å². The molecule has 2 heterocycles. The summed E-state index contributed by atoms with van der Waals surface area (Å²) >= 11 is 5.93. The van der Waals surface area contributed by atoms with Crippen molar-refractivity contribution in [1.82, 2.24) is 15.1 Å². The van der Waals surface area contributed by atoms with Crippen LogP contribution in [-0.4, -0.2) is 15.7 Å². The van der Waals surface area contributed by atoms with E-state index in [1.807, 2.05) is 39.1 Å². The van der Waals surface area contributed by atoms with Gasteiger partial charge in [0.15, 0.2) is 5.76 Å². The van der Waals surface area contributed by atoms with Gasteiger partial charge >= 0.3 is 0 Å². The van der Waals surface area contributed by atoms with Crippen LogP contribution in [0.4, 0.5) is 0 Å². The number of hydrogen-bond acceptors (Lipinski definition) is 4.